The Morgan fingerprint density at radius 2 is 1.86 bits per heavy atom. The molecule has 0 radical (unpaired) electrons. The number of nitrogens with one attached hydrogen (secondary N) is 2. The van der Waals surface area contributed by atoms with Gasteiger partial charge in [0, 0.05) is 19.3 Å². The summed E-state index contributed by atoms with van der Waals surface area (Å²) < 4.78 is 13.0. The fourth-order valence-electron chi connectivity index (χ4n) is 2.76. The van der Waals surface area contributed by atoms with Crippen molar-refractivity contribution in [2.24, 2.45) is 4.99 Å². The van der Waals surface area contributed by atoms with Gasteiger partial charge in [0.2, 0.25) is 0 Å². The van der Waals surface area contributed by atoms with Crippen LogP contribution in [-0.2, 0) is 6.54 Å². The molecular weight excluding hydrogens is 366 g/mol. The monoisotopic (exact) mass is 393 g/mol. The highest BCUT2D eigenvalue weighted by molar-refractivity contribution is 5.79. The first kappa shape index (κ1) is 20.3. The second-order valence-electron chi connectivity index (χ2n) is 6.50. The van der Waals surface area contributed by atoms with Crippen LogP contribution in [0.4, 0.5) is 0 Å². The Bertz CT molecular complexity index is 924. The maximum Gasteiger partial charge on any atom is 0.191 e. The third kappa shape index (κ3) is 6.00. The van der Waals surface area contributed by atoms with Crippen LogP contribution in [0.2, 0.25) is 0 Å². The van der Waals surface area contributed by atoms with Crippen LogP contribution in [0, 0.1) is 0 Å². The molecular formula is C22H27N5O2. The summed E-state index contributed by atoms with van der Waals surface area (Å²) in [6.45, 7) is 3.18. The molecule has 29 heavy (non-hydrogen) atoms. The Morgan fingerprint density at radius 1 is 1.07 bits per heavy atom. The molecule has 0 saturated heterocycles. The van der Waals surface area contributed by atoms with E-state index in [0.29, 0.717) is 19.0 Å². The first-order valence-electron chi connectivity index (χ1n) is 9.53. The van der Waals surface area contributed by atoms with Gasteiger partial charge < -0.3 is 20.1 Å². The zero-order valence-corrected chi connectivity index (χ0v) is 17.0. The maximum absolute atomic E-state index is 5.93. The molecule has 0 bridgehead atoms. The number of hydrogen-bond donors (Lipinski definition) is 2. The van der Waals surface area contributed by atoms with Gasteiger partial charge in [0.1, 0.15) is 17.6 Å². The van der Waals surface area contributed by atoms with E-state index in [1.54, 1.807) is 14.2 Å². The number of aromatic nitrogens is 2. The molecule has 0 aliphatic heterocycles. The van der Waals surface area contributed by atoms with Crippen LogP contribution in [0.1, 0.15) is 12.6 Å². The third-order valence-electron chi connectivity index (χ3n) is 4.26. The molecule has 0 aliphatic rings. The van der Waals surface area contributed by atoms with Crippen molar-refractivity contribution in [1.29, 1.82) is 0 Å². The Kier molecular flexibility index (Phi) is 7.10. The lowest BCUT2D eigenvalue weighted by atomic mass is 10.3. The summed E-state index contributed by atoms with van der Waals surface area (Å²) in [4.78, 5) is 4.26. The van der Waals surface area contributed by atoms with E-state index in [2.05, 4.69) is 20.7 Å². The molecule has 0 saturated carbocycles. The molecule has 0 amide bonds. The van der Waals surface area contributed by atoms with Gasteiger partial charge >= 0.3 is 0 Å². The van der Waals surface area contributed by atoms with Crippen LogP contribution in [0.15, 0.2) is 71.9 Å². The quantitative estimate of drug-likeness (QED) is 0.455. The fourth-order valence-corrected chi connectivity index (χ4v) is 2.76. The van der Waals surface area contributed by atoms with Gasteiger partial charge in [0.15, 0.2) is 5.96 Å². The van der Waals surface area contributed by atoms with Crippen molar-refractivity contribution in [1.82, 2.24) is 20.4 Å². The van der Waals surface area contributed by atoms with Crippen molar-refractivity contribution < 1.29 is 9.47 Å². The number of para-hydroxylation sites is 1. The molecule has 3 rings (SSSR count). The van der Waals surface area contributed by atoms with Crippen LogP contribution in [0.3, 0.4) is 0 Å². The van der Waals surface area contributed by atoms with E-state index in [4.69, 9.17) is 9.47 Å². The molecule has 0 fully saturated rings. The van der Waals surface area contributed by atoms with Crippen LogP contribution < -0.4 is 20.1 Å². The number of methoxy groups -OCH3 is 1. The Hall–Kier alpha value is -3.48. The van der Waals surface area contributed by atoms with Crippen LogP contribution in [0.5, 0.6) is 11.5 Å². The summed E-state index contributed by atoms with van der Waals surface area (Å²) >= 11 is 0. The number of hydrogen-bond acceptors (Lipinski definition) is 4. The molecule has 2 N–H and O–H groups in total. The van der Waals surface area contributed by atoms with Gasteiger partial charge in [-0.15, -0.1) is 0 Å². The lowest BCUT2D eigenvalue weighted by molar-refractivity contribution is 0.223. The Balaban J connectivity index is 1.46. The highest BCUT2D eigenvalue weighted by Crippen LogP contribution is 2.19. The SMILES string of the molecule is CN=C(NCc1ccn(-c2ccccc2)n1)NCC(C)Oc1cccc(OC)c1. The van der Waals surface area contributed by atoms with Gasteiger partial charge in [-0.2, -0.15) is 5.10 Å². The van der Waals surface area contributed by atoms with Gasteiger partial charge in [-0.05, 0) is 37.3 Å². The summed E-state index contributed by atoms with van der Waals surface area (Å²) in [5.74, 6) is 2.24. The van der Waals surface area contributed by atoms with E-state index in [9.17, 15) is 0 Å². The van der Waals surface area contributed by atoms with E-state index in [-0.39, 0.29) is 6.10 Å². The van der Waals surface area contributed by atoms with Crippen molar-refractivity contribution >= 4 is 5.96 Å². The van der Waals surface area contributed by atoms with Gasteiger partial charge in [0.05, 0.1) is 31.6 Å². The van der Waals surface area contributed by atoms with Crippen LogP contribution >= 0.6 is 0 Å². The van der Waals surface area contributed by atoms with E-state index in [1.165, 1.54) is 0 Å². The molecule has 7 heteroatoms. The average Bonchev–Trinajstić information content (AvgIpc) is 3.24. The first-order chi connectivity index (χ1) is 14.2. The van der Waals surface area contributed by atoms with Crippen LogP contribution in [-0.4, -0.2) is 42.5 Å². The van der Waals surface area contributed by atoms with Crippen LogP contribution in [0.25, 0.3) is 5.69 Å². The standard InChI is InChI=1S/C22H27N5O2/c1-17(29-21-11-7-10-20(14-21)28-3)15-24-22(23-2)25-16-18-12-13-27(26-18)19-8-5-4-6-9-19/h4-14,17H,15-16H2,1-3H3,(H2,23,24,25). The minimum absolute atomic E-state index is 0.0436. The van der Waals surface area contributed by atoms with Crippen molar-refractivity contribution in [2.75, 3.05) is 20.7 Å². The Labute approximate surface area is 171 Å². The van der Waals surface area contributed by atoms with Crippen molar-refractivity contribution in [3.05, 3.63) is 72.6 Å². The van der Waals surface area contributed by atoms with Gasteiger partial charge in [-0.1, -0.05) is 24.3 Å². The molecule has 0 aliphatic carbocycles. The molecule has 2 aromatic carbocycles. The molecule has 3 aromatic rings. The minimum Gasteiger partial charge on any atom is -0.497 e. The van der Waals surface area contributed by atoms with E-state index < -0.39 is 0 Å². The maximum atomic E-state index is 5.93. The summed E-state index contributed by atoms with van der Waals surface area (Å²) in [5, 5.41) is 11.1. The second kappa shape index (κ2) is 10.2. The number of rotatable bonds is 8. The summed E-state index contributed by atoms with van der Waals surface area (Å²) in [5.41, 5.74) is 1.96. The smallest absolute Gasteiger partial charge is 0.191 e. The largest absolute Gasteiger partial charge is 0.497 e. The number of ether oxygens (including phenoxy) is 2. The molecule has 152 valence electrons. The fraction of sp³-hybridized carbons (Fsp3) is 0.273. The van der Waals surface area contributed by atoms with Crippen molar-refractivity contribution in [2.45, 2.75) is 19.6 Å². The highest BCUT2D eigenvalue weighted by Gasteiger charge is 2.07. The van der Waals surface area contributed by atoms with Gasteiger partial charge in [-0.3, -0.25) is 4.99 Å². The summed E-state index contributed by atoms with van der Waals surface area (Å²) in [7, 11) is 3.38. The zero-order chi connectivity index (χ0) is 20.5. The Morgan fingerprint density at radius 3 is 2.62 bits per heavy atom. The van der Waals surface area contributed by atoms with Crippen molar-refractivity contribution in [3.8, 4) is 17.2 Å². The summed E-state index contributed by atoms with van der Waals surface area (Å²) in [6.07, 6.45) is 1.91. The number of aliphatic imine (C=N–C) groups is 1. The average molecular weight is 393 g/mol. The number of benzene rings is 2. The molecule has 1 aromatic heterocycles. The predicted molar refractivity (Wildman–Crippen MR) is 115 cm³/mol. The van der Waals surface area contributed by atoms with Gasteiger partial charge in [0.25, 0.3) is 0 Å². The third-order valence-corrected chi connectivity index (χ3v) is 4.26. The molecule has 1 unspecified atom stereocenters. The normalized spacial score (nSPS) is 12.3. The lowest BCUT2D eigenvalue weighted by Crippen LogP contribution is -2.41. The van der Waals surface area contributed by atoms with Crippen molar-refractivity contribution in [3.63, 3.8) is 0 Å². The lowest BCUT2D eigenvalue weighted by Gasteiger charge is -2.18. The zero-order valence-electron chi connectivity index (χ0n) is 17.0. The number of guanidine groups is 1. The number of nitrogens with zero attached hydrogens (tertiary/aromatic N) is 3. The second-order valence-corrected chi connectivity index (χ2v) is 6.50. The van der Waals surface area contributed by atoms with E-state index in [1.807, 2.05) is 78.5 Å². The molecule has 0 spiro atoms. The summed E-state index contributed by atoms with van der Waals surface area (Å²) in [6, 6.07) is 19.6. The first-order valence-corrected chi connectivity index (χ1v) is 9.53. The van der Waals surface area contributed by atoms with E-state index in [0.717, 1.165) is 22.9 Å². The minimum atomic E-state index is -0.0436. The van der Waals surface area contributed by atoms with Gasteiger partial charge in [-0.25, -0.2) is 4.68 Å². The predicted octanol–water partition coefficient (Wildman–Crippen LogP) is 3.01. The van der Waals surface area contributed by atoms with E-state index >= 15 is 0 Å². The molecule has 1 heterocycles. The molecule has 1 atom stereocenters. The molecule has 7 nitrogen and oxygen atoms in total. The highest BCUT2D eigenvalue weighted by atomic mass is 16.5. The topological polar surface area (TPSA) is 72.7 Å².